The summed E-state index contributed by atoms with van der Waals surface area (Å²) in [5.41, 5.74) is 1.15. The quantitative estimate of drug-likeness (QED) is 0.847. The number of ether oxygens (including phenoxy) is 3. The van der Waals surface area contributed by atoms with Crippen LogP contribution in [-0.4, -0.2) is 43.3 Å². The number of nitrogens with zero attached hydrogens (tertiary/aromatic N) is 1. The van der Waals surface area contributed by atoms with Gasteiger partial charge in [-0.25, -0.2) is 4.79 Å². The van der Waals surface area contributed by atoms with Crippen molar-refractivity contribution in [2.75, 3.05) is 31.1 Å². The molecule has 1 fully saturated rings. The number of hydrogen-bond donors (Lipinski definition) is 2. The van der Waals surface area contributed by atoms with E-state index in [4.69, 9.17) is 14.2 Å². The van der Waals surface area contributed by atoms with Crippen molar-refractivity contribution in [3.05, 3.63) is 42.5 Å². The first-order chi connectivity index (χ1) is 13.7. The molecule has 146 valence electrons. The summed E-state index contributed by atoms with van der Waals surface area (Å²) in [5, 5.41) is 5.70. The molecular formula is C20H21N3O5. The zero-order chi connectivity index (χ0) is 19.5. The van der Waals surface area contributed by atoms with Gasteiger partial charge in [0, 0.05) is 18.3 Å². The van der Waals surface area contributed by atoms with E-state index < -0.39 is 6.04 Å². The Balaban J connectivity index is 1.45. The van der Waals surface area contributed by atoms with E-state index in [2.05, 4.69) is 10.6 Å². The third-order valence-electron chi connectivity index (χ3n) is 4.79. The second-order valence-corrected chi connectivity index (χ2v) is 6.54. The highest BCUT2D eigenvalue weighted by atomic mass is 16.7. The number of rotatable bonds is 4. The maximum Gasteiger partial charge on any atom is 0.322 e. The topological polar surface area (TPSA) is 89.1 Å². The van der Waals surface area contributed by atoms with Gasteiger partial charge in [-0.15, -0.1) is 0 Å². The fraction of sp³-hybridized carbons (Fsp3) is 0.300. The minimum absolute atomic E-state index is 0.123. The Morgan fingerprint density at radius 1 is 1.14 bits per heavy atom. The number of likely N-dealkylation sites (tertiary alicyclic amines) is 1. The van der Waals surface area contributed by atoms with E-state index in [-0.39, 0.29) is 18.7 Å². The van der Waals surface area contributed by atoms with Crippen LogP contribution < -0.4 is 24.8 Å². The number of carbonyl (C=O) groups excluding carboxylic acids is 2. The van der Waals surface area contributed by atoms with Gasteiger partial charge in [-0.05, 0) is 37.1 Å². The number of fused-ring (bicyclic) bond motifs is 1. The molecule has 0 saturated carbocycles. The van der Waals surface area contributed by atoms with Crippen LogP contribution in [0.25, 0.3) is 0 Å². The third kappa shape index (κ3) is 3.53. The maximum absolute atomic E-state index is 12.8. The predicted molar refractivity (Wildman–Crippen MR) is 103 cm³/mol. The van der Waals surface area contributed by atoms with E-state index in [0.717, 1.165) is 6.42 Å². The first kappa shape index (κ1) is 18.0. The van der Waals surface area contributed by atoms with Gasteiger partial charge in [0.15, 0.2) is 11.5 Å². The Labute approximate surface area is 162 Å². The number of methoxy groups -OCH3 is 1. The number of amides is 3. The molecular weight excluding hydrogens is 362 g/mol. The van der Waals surface area contributed by atoms with Crippen LogP contribution in [0.4, 0.5) is 16.2 Å². The zero-order valence-electron chi connectivity index (χ0n) is 15.4. The summed E-state index contributed by atoms with van der Waals surface area (Å²) in [5.74, 6) is 1.52. The minimum atomic E-state index is -0.542. The molecule has 1 saturated heterocycles. The van der Waals surface area contributed by atoms with E-state index in [1.54, 1.807) is 54.5 Å². The SMILES string of the molecule is COc1cccc(NC(=O)C2CCCN2C(=O)Nc2cccc3c2OCO3)c1. The summed E-state index contributed by atoms with van der Waals surface area (Å²) in [6.45, 7) is 0.631. The Morgan fingerprint density at radius 2 is 2.00 bits per heavy atom. The maximum atomic E-state index is 12.8. The molecule has 8 nitrogen and oxygen atoms in total. The highest BCUT2D eigenvalue weighted by Gasteiger charge is 2.35. The van der Waals surface area contributed by atoms with Crippen LogP contribution in [0, 0.1) is 0 Å². The molecule has 2 aliphatic rings. The van der Waals surface area contributed by atoms with Gasteiger partial charge in [0.25, 0.3) is 0 Å². The largest absolute Gasteiger partial charge is 0.497 e. The summed E-state index contributed by atoms with van der Waals surface area (Å²) in [6, 6.07) is 11.5. The van der Waals surface area contributed by atoms with Gasteiger partial charge in [0.1, 0.15) is 11.8 Å². The van der Waals surface area contributed by atoms with Crippen LogP contribution >= 0.6 is 0 Å². The molecule has 4 rings (SSSR count). The number of para-hydroxylation sites is 1. The molecule has 2 heterocycles. The average Bonchev–Trinajstić information content (AvgIpc) is 3.38. The number of carbonyl (C=O) groups is 2. The van der Waals surface area contributed by atoms with Crippen LogP contribution in [0.3, 0.4) is 0 Å². The van der Waals surface area contributed by atoms with Crippen molar-refractivity contribution >= 4 is 23.3 Å². The molecule has 0 aliphatic carbocycles. The molecule has 2 aromatic carbocycles. The molecule has 1 atom stereocenters. The number of nitrogens with one attached hydrogen (secondary N) is 2. The summed E-state index contributed by atoms with van der Waals surface area (Å²) >= 11 is 0. The van der Waals surface area contributed by atoms with E-state index in [1.165, 1.54) is 0 Å². The first-order valence-electron chi connectivity index (χ1n) is 9.07. The van der Waals surface area contributed by atoms with Crippen LogP contribution in [0.15, 0.2) is 42.5 Å². The Morgan fingerprint density at radius 3 is 2.86 bits per heavy atom. The highest BCUT2D eigenvalue weighted by Crippen LogP contribution is 2.39. The van der Waals surface area contributed by atoms with Gasteiger partial charge < -0.3 is 29.7 Å². The molecule has 0 radical (unpaired) electrons. The number of hydrogen-bond acceptors (Lipinski definition) is 5. The van der Waals surface area contributed by atoms with Crippen LogP contribution in [-0.2, 0) is 4.79 Å². The second kappa shape index (κ2) is 7.67. The zero-order valence-corrected chi connectivity index (χ0v) is 15.4. The smallest absolute Gasteiger partial charge is 0.322 e. The van der Waals surface area contributed by atoms with Crippen molar-refractivity contribution in [2.24, 2.45) is 0 Å². The lowest BCUT2D eigenvalue weighted by molar-refractivity contribution is -0.119. The van der Waals surface area contributed by atoms with Crippen LogP contribution in [0.2, 0.25) is 0 Å². The molecule has 0 bridgehead atoms. The minimum Gasteiger partial charge on any atom is -0.497 e. The summed E-state index contributed by atoms with van der Waals surface area (Å²) in [7, 11) is 1.57. The molecule has 28 heavy (non-hydrogen) atoms. The van der Waals surface area contributed by atoms with Crippen molar-refractivity contribution in [3.63, 3.8) is 0 Å². The fourth-order valence-corrected chi connectivity index (χ4v) is 3.42. The van der Waals surface area contributed by atoms with Crippen molar-refractivity contribution in [1.82, 2.24) is 4.90 Å². The number of urea groups is 1. The molecule has 0 aromatic heterocycles. The lowest BCUT2D eigenvalue weighted by atomic mass is 10.2. The van der Waals surface area contributed by atoms with Crippen LogP contribution in [0.1, 0.15) is 12.8 Å². The van der Waals surface area contributed by atoms with Gasteiger partial charge in [0.05, 0.1) is 12.8 Å². The number of benzene rings is 2. The Hall–Kier alpha value is -3.42. The van der Waals surface area contributed by atoms with E-state index >= 15 is 0 Å². The van der Waals surface area contributed by atoms with E-state index in [0.29, 0.717) is 41.6 Å². The van der Waals surface area contributed by atoms with E-state index in [9.17, 15) is 9.59 Å². The second-order valence-electron chi connectivity index (χ2n) is 6.54. The molecule has 2 aliphatic heterocycles. The molecule has 8 heteroatoms. The van der Waals surface area contributed by atoms with Gasteiger partial charge >= 0.3 is 6.03 Å². The molecule has 1 unspecified atom stereocenters. The molecule has 2 N–H and O–H groups in total. The van der Waals surface area contributed by atoms with Gasteiger partial charge in [-0.2, -0.15) is 0 Å². The van der Waals surface area contributed by atoms with Crippen LogP contribution in [0.5, 0.6) is 17.2 Å². The van der Waals surface area contributed by atoms with Gasteiger partial charge in [-0.1, -0.05) is 12.1 Å². The fourth-order valence-electron chi connectivity index (χ4n) is 3.42. The molecule has 3 amide bonds. The summed E-state index contributed by atoms with van der Waals surface area (Å²) in [4.78, 5) is 27.1. The lowest BCUT2D eigenvalue weighted by Gasteiger charge is -2.24. The Bertz CT molecular complexity index is 901. The van der Waals surface area contributed by atoms with Gasteiger partial charge in [-0.3, -0.25) is 4.79 Å². The average molecular weight is 383 g/mol. The normalized spacial score (nSPS) is 17.3. The number of anilines is 2. The van der Waals surface area contributed by atoms with Crippen molar-refractivity contribution in [3.8, 4) is 17.2 Å². The first-order valence-corrected chi connectivity index (χ1v) is 9.07. The van der Waals surface area contributed by atoms with Gasteiger partial charge in [0.2, 0.25) is 12.7 Å². The Kier molecular flexibility index (Phi) is 4.92. The predicted octanol–water partition coefficient (Wildman–Crippen LogP) is 3.06. The molecule has 0 spiro atoms. The standard InChI is InChI=1S/C20H21N3O5/c1-26-14-6-2-5-13(11-14)21-19(24)16-8-4-10-23(16)20(25)22-15-7-3-9-17-18(15)28-12-27-17/h2-3,5-7,9,11,16H,4,8,10,12H2,1H3,(H,21,24)(H,22,25). The van der Waals surface area contributed by atoms with E-state index in [1.807, 2.05) is 0 Å². The monoisotopic (exact) mass is 383 g/mol. The van der Waals surface area contributed by atoms with Crippen molar-refractivity contribution < 1.29 is 23.8 Å². The van der Waals surface area contributed by atoms with Crippen molar-refractivity contribution in [2.45, 2.75) is 18.9 Å². The van der Waals surface area contributed by atoms with Crippen molar-refractivity contribution in [1.29, 1.82) is 0 Å². The summed E-state index contributed by atoms with van der Waals surface area (Å²) < 4.78 is 15.9. The lowest BCUT2D eigenvalue weighted by Crippen LogP contribution is -2.45. The highest BCUT2D eigenvalue weighted by molar-refractivity contribution is 6.00. The molecule has 2 aromatic rings. The third-order valence-corrected chi connectivity index (χ3v) is 4.79. The summed E-state index contributed by atoms with van der Waals surface area (Å²) in [6.07, 6.45) is 1.37.